The quantitative estimate of drug-likeness (QED) is 0.717. The molecule has 27 heavy (non-hydrogen) atoms. The third-order valence-corrected chi connectivity index (χ3v) is 5.41. The Hall–Kier alpha value is -2.22. The lowest BCUT2D eigenvalue weighted by molar-refractivity contribution is -0.146. The summed E-state index contributed by atoms with van der Waals surface area (Å²) in [6.07, 6.45) is -3.03. The van der Waals surface area contributed by atoms with Gasteiger partial charge in [0, 0.05) is 24.6 Å². The number of nitriles is 1. The van der Waals surface area contributed by atoms with Crippen LogP contribution >= 0.6 is 23.5 Å². The summed E-state index contributed by atoms with van der Waals surface area (Å²) >= 11 is 6.98. The number of nitrogens with zero attached hydrogens (tertiary/aromatic N) is 3. The summed E-state index contributed by atoms with van der Waals surface area (Å²) in [4.78, 5) is 16.7. The van der Waals surface area contributed by atoms with E-state index in [0.29, 0.717) is 16.3 Å². The molecule has 1 amide bonds. The third-order valence-electron chi connectivity index (χ3n) is 3.75. The first kappa shape index (κ1) is 21.1. The van der Waals surface area contributed by atoms with Crippen molar-refractivity contribution in [2.45, 2.75) is 31.0 Å². The van der Waals surface area contributed by atoms with Crippen LogP contribution in [0, 0.1) is 18.3 Å². The van der Waals surface area contributed by atoms with E-state index in [1.807, 2.05) is 6.07 Å². The first-order valence-corrected chi connectivity index (χ1v) is 8.77. The Bertz CT molecular complexity index is 907. The number of alkyl halides is 3. The van der Waals surface area contributed by atoms with Gasteiger partial charge in [-0.2, -0.15) is 18.4 Å². The molecule has 0 aliphatic rings. The number of amides is 1. The molecule has 0 saturated heterocycles. The van der Waals surface area contributed by atoms with Gasteiger partial charge in [-0.1, -0.05) is 11.6 Å². The van der Waals surface area contributed by atoms with Crippen molar-refractivity contribution in [2.75, 3.05) is 5.32 Å². The minimum Gasteiger partial charge on any atom is -0.342 e. The highest BCUT2D eigenvalue weighted by Crippen LogP contribution is 2.35. The van der Waals surface area contributed by atoms with E-state index in [1.54, 1.807) is 14.0 Å². The van der Waals surface area contributed by atoms with Crippen LogP contribution in [0.2, 0.25) is 5.02 Å². The van der Waals surface area contributed by atoms with Gasteiger partial charge >= 0.3 is 6.18 Å². The zero-order valence-corrected chi connectivity index (χ0v) is 16.1. The van der Waals surface area contributed by atoms with Gasteiger partial charge in [-0.15, -0.1) is 0 Å². The molecule has 2 aromatic heterocycles. The molecule has 1 atom stereocenters. The van der Waals surface area contributed by atoms with Crippen molar-refractivity contribution in [3.8, 4) is 6.07 Å². The average molecular weight is 418 g/mol. The summed E-state index contributed by atoms with van der Waals surface area (Å²) in [6, 6.07) is 3.00. The molecule has 2 rings (SSSR count). The number of hydrogen-bond donors (Lipinski definition) is 2. The fourth-order valence-electron chi connectivity index (χ4n) is 2.08. The fraction of sp³-hybridized carbons (Fsp3) is 0.312. The van der Waals surface area contributed by atoms with E-state index in [0.717, 1.165) is 18.9 Å². The number of carbonyl (C=O) groups is 1. The zero-order valence-electron chi connectivity index (χ0n) is 14.5. The molecule has 0 aliphatic carbocycles. The number of halogens is 4. The van der Waals surface area contributed by atoms with Crippen LogP contribution in [0.4, 0.5) is 18.9 Å². The van der Waals surface area contributed by atoms with Gasteiger partial charge in [0.15, 0.2) is 0 Å². The van der Waals surface area contributed by atoms with Crippen LogP contribution in [-0.2, 0) is 7.05 Å². The minimum absolute atomic E-state index is 0.0361. The zero-order chi connectivity index (χ0) is 20.4. The summed E-state index contributed by atoms with van der Waals surface area (Å²) in [5.41, 5.74) is 1.10. The van der Waals surface area contributed by atoms with E-state index < -0.39 is 18.1 Å². The maximum Gasteiger partial charge on any atom is 0.404 e. The molecular formula is C16H15ClF3N5OS. The Balaban J connectivity index is 2.25. The number of rotatable bonds is 5. The lowest BCUT2D eigenvalue weighted by atomic mass is 10.3. The van der Waals surface area contributed by atoms with Gasteiger partial charge in [0.25, 0.3) is 5.91 Å². The largest absolute Gasteiger partial charge is 0.404 e. The predicted molar refractivity (Wildman–Crippen MR) is 96.6 cm³/mol. The molecule has 0 spiro atoms. The predicted octanol–water partition coefficient (Wildman–Crippen LogP) is 4.05. The monoisotopic (exact) mass is 417 g/mol. The lowest BCUT2D eigenvalue weighted by Crippen LogP contribution is -2.35. The summed E-state index contributed by atoms with van der Waals surface area (Å²) in [7, 11) is 1.58. The first-order chi connectivity index (χ1) is 12.6. The van der Waals surface area contributed by atoms with Gasteiger partial charge in [0.1, 0.15) is 23.5 Å². The van der Waals surface area contributed by atoms with Crippen LogP contribution in [0.1, 0.15) is 28.8 Å². The molecule has 2 N–H and O–H groups in total. The number of hydrogen-bond acceptors (Lipinski definition) is 5. The lowest BCUT2D eigenvalue weighted by Gasteiger charge is -2.16. The smallest absolute Gasteiger partial charge is 0.342 e. The van der Waals surface area contributed by atoms with E-state index in [1.165, 1.54) is 22.9 Å². The summed E-state index contributed by atoms with van der Waals surface area (Å²) in [5, 5.41) is 11.5. The average Bonchev–Trinajstić information content (AvgIpc) is 2.81. The van der Waals surface area contributed by atoms with Gasteiger partial charge in [-0.3, -0.25) is 4.79 Å². The molecule has 2 heterocycles. The molecule has 0 fully saturated rings. The van der Waals surface area contributed by atoms with Crippen molar-refractivity contribution in [3.63, 3.8) is 0 Å². The Kier molecular flexibility index (Phi) is 6.41. The van der Waals surface area contributed by atoms with Crippen LogP contribution in [0.25, 0.3) is 0 Å². The normalized spacial score (nSPS) is 12.5. The number of anilines is 1. The Morgan fingerprint density at radius 3 is 2.74 bits per heavy atom. The van der Waals surface area contributed by atoms with E-state index in [2.05, 4.69) is 15.0 Å². The number of aromatic nitrogens is 2. The second kappa shape index (κ2) is 8.21. The van der Waals surface area contributed by atoms with Crippen molar-refractivity contribution in [1.82, 2.24) is 14.3 Å². The summed E-state index contributed by atoms with van der Waals surface area (Å²) in [5.74, 6) is -0.559. The number of carbonyl (C=O) groups excluding carboxylic acids is 1. The SMILES string of the molecule is Cc1c(SN[C@H](C)C(F)(F)F)c(Cl)c(C(=O)Nc2ccnc(C#N)c2)n1C. The Labute approximate surface area is 162 Å². The van der Waals surface area contributed by atoms with Crippen molar-refractivity contribution in [3.05, 3.63) is 40.4 Å². The van der Waals surface area contributed by atoms with Crippen molar-refractivity contribution in [2.24, 2.45) is 7.05 Å². The van der Waals surface area contributed by atoms with Crippen molar-refractivity contribution < 1.29 is 18.0 Å². The molecule has 0 radical (unpaired) electrons. The van der Waals surface area contributed by atoms with E-state index in [4.69, 9.17) is 16.9 Å². The third kappa shape index (κ3) is 4.74. The first-order valence-electron chi connectivity index (χ1n) is 7.57. The maximum absolute atomic E-state index is 12.7. The number of nitrogens with one attached hydrogen (secondary N) is 2. The van der Waals surface area contributed by atoms with Crippen LogP contribution in [0.3, 0.4) is 0 Å². The van der Waals surface area contributed by atoms with Crippen LogP contribution in [0.15, 0.2) is 23.2 Å². The maximum atomic E-state index is 12.7. The summed E-state index contributed by atoms with van der Waals surface area (Å²) in [6.45, 7) is 2.63. The van der Waals surface area contributed by atoms with E-state index in [-0.39, 0.29) is 16.4 Å². The number of pyridine rings is 1. The van der Waals surface area contributed by atoms with Gasteiger partial charge in [-0.05, 0) is 37.9 Å². The fourth-order valence-corrected chi connectivity index (χ4v) is 3.44. The highest BCUT2D eigenvalue weighted by atomic mass is 35.5. The molecule has 2 aromatic rings. The van der Waals surface area contributed by atoms with Gasteiger partial charge in [0.05, 0.1) is 9.92 Å². The second-order valence-corrected chi connectivity index (χ2v) is 6.84. The van der Waals surface area contributed by atoms with Crippen molar-refractivity contribution in [1.29, 1.82) is 5.26 Å². The van der Waals surface area contributed by atoms with E-state index >= 15 is 0 Å². The van der Waals surface area contributed by atoms with Gasteiger partial charge in [0.2, 0.25) is 0 Å². The molecule has 0 unspecified atom stereocenters. The summed E-state index contributed by atoms with van der Waals surface area (Å²) < 4.78 is 41.8. The Morgan fingerprint density at radius 1 is 1.48 bits per heavy atom. The van der Waals surface area contributed by atoms with Crippen molar-refractivity contribution >= 4 is 35.1 Å². The molecule has 0 bridgehead atoms. The molecule has 144 valence electrons. The van der Waals surface area contributed by atoms with E-state index in [9.17, 15) is 18.0 Å². The highest BCUT2D eigenvalue weighted by Gasteiger charge is 2.36. The molecular weight excluding hydrogens is 403 g/mol. The molecule has 0 aliphatic heterocycles. The standard InChI is InChI=1S/C16H15ClF3N5OS/c1-8-14(27-24-9(2)16(18,19)20)12(17)13(25(8)3)15(26)23-10-4-5-22-11(6-10)7-21/h4-6,9,24H,1-3H3,(H,22,23,26)/t9-/m1/s1. The Morgan fingerprint density at radius 2 is 2.15 bits per heavy atom. The van der Waals surface area contributed by atoms with Crippen LogP contribution < -0.4 is 10.0 Å². The molecule has 0 aromatic carbocycles. The van der Waals surface area contributed by atoms with Crippen LogP contribution in [0.5, 0.6) is 0 Å². The van der Waals surface area contributed by atoms with Gasteiger partial charge < -0.3 is 9.88 Å². The topological polar surface area (TPSA) is 82.7 Å². The molecule has 11 heteroatoms. The molecule has 6 nitrogen and oxygen atoms in total. The minimum atomic E-state index is -4.40. The van der Waals surface area contributed by atoms with Crippen LogP contribution in [-0.4, -0.2) is 27.7 Å². The van der Waals surface area contributed by atoms with Gasteiger partial charge in [-0.25, -0.2) is 9.71 Å². The molecule has 0 saturated carbocycles. The second-order valence-electron chi connectivity index (χ2n) is 5.62. The highest BCUT2D eigenvalue weighted by molar-refractivity contribution is 7.97.